The fraction of sp³-hybridized carbons (Fsp3) is 0.500. The summed E-state index contributed by atoms with van der Waals surface area (Å²) in [6, 6.07) is 1.47. The van der Waals surface area contributed by atoms with Gasteiger partial charge in [0.1, 0.15) is 0 Å². The van der Waals surface area contributed by atoms with Crippen LogP contribution in [0, 0.1) is 12.9 Å². The Hall–Kier alpha value is -0.920. The molecule has 0 aliphatic carbocycles. The third-order valence-electron chi connectivity index (χ3n) is 1.89. The number of hydrogen-bond donors (Lipinski definition) is 0. The van der Waals surface area contributed by atoms with Crippen LogP contribution in [-0.2, 0) is 5.41 Å². The smallest absolute Gasteiger partial charge is 0.213 e. The van der Waals surface area contributed by atoms with Gasteiger partial charge in [-0.05, 0) is 29.5 Å². The van der Waals surface area contributed by atoms with E-state index in [4.69, 9.17) is 0 Å². The van der Waals surface area contributed by atoms with Crippen molar-refractivity contribution in [2.24, 2.45) is 0 Å². The minimum atomic E-state index is -0.402. The van der Waals surface area contributed by atoms with Gasteiger partial charge in [-0.2, -0.15) is 4.39 Å². The lowest BCUT2D eigenvalue weighted by atomic mass is 9.85. The molecular formula is C10H14FN. The number of hydrogen-bond acceptors (Lipinski definition) is 1. The monoisotopic (exact) mass is 167 g/mol. The van der Waals surface area contributed by atoms with Gasteiger partial charge in [0, 0.05) is 6.20 Å². The SMILES string of the molecule is Cc1cc(F)ncc1C(C)(C)C. The lowest BCUT2D eigenvalue weighted by Crippen LogP contribution is -2.13. The second kappa shape index (κ2) is 2.85. The minimum absolute atomic E-state index is 0.0464. The van der Waals surface area contributed by atoms with E-state index in [2.05, 4.69) is 25.8 Å². The molecule has 0 saturated carbocycles. The molecule has 0 fully saturated rings. The van der Waals surface area contributed by atoms with Crippen molar-refractivity contribution in [3.63, 3.8) is 0 Å². The van der Waals surface area contributed by atoms with E-state index in [1.165, 1.54) is 6.07 Å². The Morgan fingerprint density at radius 1 is 1.33 bits per heavy atom. The highest BCUT2D eigenvalue weighted by Gasteiger charge is 2.16. The van der Waals surface area contributed by atoms with Gasteiger partial charge in [0.15, 0.2) is 0 Å². The van der Waals surface area contributed by atoms with Crippen molar-refractivity contribution in [2.75, 3.05) is 0 Å². The molecule has 2 heteroatoms. The van der Waals surface area contributed by atoms with Crippen LogP contribution in [0.4, 0.5) is 4.39 Å². The first-order chi connectivity index (χ1) is 5.41. The summed E-state index contributed by atoms with van der Waals surface area (Å²) in [5.41, 5.74) is 2.11. The van der Waals surface area contributed by atoms with Crippen LogP contribution in [0.15, 0.2) is 12.3 Å². The Morgan fingerprint density at radius 3 is 2.33 bits per heavy atom. The standard InChI is InChI=1S/C10H14FN/c1-7-5-9(11)12-6-8(7)10(2,3)4/h5-6H,1-4H3. The fourth-order valence-electron chi connectivity index (χ4n) is 1.31. The highest BCUT2D eigenvalue weighted by Crippen LogP contribution is 2.24. The Balaban J connectivity index is 3.19. The summed E-state index contributed by atoms with van der Waals surface area (Å²) >= 11 is 0. The molecule has 0 bridgehead atoms. The van der Waals surface area contributed by atoms with E-state index >= 15 is 0 Å². The zero-order chi connectivity index (χ0) is 9.35. The maximum absolute atomic E-state index is 12.6. The lowest BCUT2D eigenvalue weighted by Gasteiger charge is -2.20. The van der Waals surface area contributed by atoms with Gasteiger partial charge in [0.25, 0.3) is 0 Å². The van der Waals surface area contributed by atoms with Gasteiger partial charge in [-0.15, -0.1) is 0 Å². The van der Waals surface area contributed by atoms with Crippen LogP contribution in [0.2, 0.25) is 0 Å². The number of nitrogens with zero attached hydrogens (tertiary/aromatic N) is 1. The molecule has 0 aromatic carbocycles. The number of aromatic nitrogens is 1. The number of aryl methyl sites for hydroxylation is 1. The van der Waals surface area contributed by atoms with E-state index in [1.807, 2.05) is 6.92 Å². The van der Waals surface area contributed by atoms with Crippen LogP contribution < -0.4 is 0 Å². The average molecular weight is 167 g/mol. The molecule has 0 aliphatic rings. The van der Waals surface area contributed by atoms with Gasteiger partial charge < -0.3 is 0 Å². The van der Waals surface area contributed by atoms with E-state index in [9.17, 15) is 4.39 Å². The molecule has 0 saturated heterocycles. The van der Waals surface area contributed by atoms with Gasteiger partial charge in [-0.1, -0.05) is 20.8 Å². The van der Waals surface area contributed by atoms with Crippen molar-refractivity contribution in [1.82, 2.24) is 4.98 Å². The van der Waals surface area contributed by atoms with Gasteiger partial charge in [-0.25, -0.2) is 4.98 Å². The number of rotatable bonds is 0. The predicted molar refractivity (Wildman–Crippen MR) is 47.6 cm³/mol. The van der Waals surface area contributed by atoms with Gasteiger partial charge in [-0.3, -0.25) is 0 Å². The van der Waals surface area contributed by atoms with Crippen molar-refractivity contribution >= 4 is 0 Å². The molecule has 66 valence electrons. The molecule has 0 spiro atoms. The van der Waals surface area contributed by atoms with Crippen molar-refractivity contribution in [3.05, 3.63) is 29.3 Å². The third-order valence-corrected chi connectivity index (χ3v) is 1.89. The second-order valence-electron chi connectivity index (χ2n) is 4.07. The third kappa shape index (κ3) is 1.81. The first-order valence-corrected chi connectivity index (χ1v) is 4.04. The maximum Gasteiger partial charge on any atom is 0.213 e. The quantitative estimate of drug-likeness (QED) is 0.541. The molecule has 0 amide bonds. The van der Waals surface area contributed by atoms with Crippen LogP contribution in [-0.4, -0.2) is 4.98 Å². The highest BCUT2D eigenvalue weighted by molar-refractivity contribution is 5.28. The topological polar surface area (TPSA) is 12.9 Å². The molecular weight excluding hydrogens is 153 g/mol. The first-order valence-electron chi connectivity index (χ1n) is 4.04. The van der Waals surface area contributed by atoms with Crippen molar-refractivity contribution < 1.29 is 4.39 Å². The fourth-order valence-corrected chi connectivity index (χ4v) is 1.31. The average Bonchev–Trinajstić information content (AvgIpc) is 1.83. The summed E-state index contributed by atoms with van der Waals surface area (Å²) in [7, 11) is 0. The van der Waals surface area contributed by atoms with Crippen molar-refractivity contribution in [3.8, 4) is 0 Å². The normalized spacial score (nSPS) is 11.8. The Bertz CT molecular complexity index is 286. The van der Waals surface area contributed by atoms with E-state index in [1.54, 1.807) is 6.20 Å². The second-order valence-corrected chi connectivity index (χ2v) is 4.07. The summed E-state index contributed by atoms with van der Waals surface area (Å²) in [5.74, 6) is -0.402. The van der Waals surface area contributed by atoms with Crippen LogP contribution in [0.1, 0.15) is 31.9 Å². The lowest BCUT2D eigenvalue weighted by molar-refractivity contribution is 0.555. The Kier molecular flexibility index (Phi) is 2.18. The molecule has 1 aromatic heterocycles. The van der Waals surface area contributed by atoms with E-state index in [-0.39, 0.29) is 5.41 Å². The predicted octanol–water partition coefficient (Wildman–Crippen LogP) is 2.83. The van der Waals surface area contributed by atoms with Crippen LogP contribution in [0.5, 0.6) is 0 Å². The molecule has 0 atom stereocenters. The van der Waals surface area contributed by atoms with Gasteiger partial charge in [0.05, 0.1) is 0 Å². The molecule has 0 aliphatic heterocycles. The molecule has 0 radical (unpaired) electrons. The van der Waals surface area contributed by atoms with Gasteiger partial charge >= 0.3 is 0 Å². The Morgan fingerprint density at radius 2 is 1.92 bits per heavy atom. The summed E-state index contributed by atoms with van der Waals surface area (Å²) in [6.07, 6.45) is 1.62. The van der Waals surface area contributed by atoms with E-state index in [0.29, 0.717) is 0 Å². The zero-order valence-corrected chi connectivity index (χ0v) is 7.98. The Labute approximate surface area is 72.6 Å². The van der Waals surface area contributed by atoms with Crippen LogP contribution in [0.25, 0.3) is 0 Å². The maximum atomic E-state index is 12.6. The molecule has 1 rings (SSSR count). The molecule has 12 heavy (non-hydrogen) atoms. The molecule has 1 heterocycles. The first kappa shape index (κ1) is 9.17. The number of halogens is 1. The van der Waals surface area contributed by atoms with E-state index < -0.39 is 5.95 Å². The van der Waals surface area contributed by atoms with Crippen molar-refractivity contribution in [1.29, 1.82) is 0 Å². The number of pyridine rings is 1. The summed E-state index contributed by atoms with van der Waals surface area (Å²) in [6.45, 7) is 8.18. The minimum Gasteiger partial charge on any atom is -0.228 e. The van der Waals surface area contributed by atoms with E-state index in [0.717, 1.165) is 11.1 Å². The van der Waals surface area contributed by atoms with Gasteiger partial charge in [0.2, 0.25) is 5.95 Å². The molecule has 1 aromatic rings. The summed E-state index contributed by atoms with van der Waals surface area (Å²) in [4.78, 5) is 3.64. The summed E-state index contributed by atoms with van der Waals surface area (Å²) < 4.78 is 12.6. The molecule has 1 nitrogen and oxygen atoms in total. The molecule has 0 unspecified atom stereocenters. The zero-order valence-electron chi connectivity index (χ0n) is 7.98. The largest absolute Gasteiger partial charge is 0.228 e. The van der Waals surface area contributed by atoms with Crippen molar-refractivity contribution in [2.45, 2.75) is 33.1 Å². The highest BCUT2D eigenvalue weighted by atomic mass is 19.1. The van der Waals surface area contributed by atoms with Crippen LogP contribution in [0.3, 0.4) is 0 Å². The molecule has 0 N–H and O–H groups in total. The van der Waals surface area contributed by atoms with Crippen LogP contribution >= 0.6 is 0 Å². The summed E-state index contributed by atoms with van der Waals surface area (Å²) in [5, 5.41) is 0.